The van der Waals surface area contributed by atoms with Crippen molar-refractivity contribution in [2.75, 3.05) is 5.32 Å². The topological polar surface area (TPSA) is 12.0 Å². The second kappa shape index (κ2) is 4.93. The van der Waals surface area contributed by atoms with Gasteiger partial charge in [0, 0.05) is 15.8 Å². The van der Waals surface area contributed by atoms with Gasteiger partial charge >= 0.3 is 0 Å². The van der Waals surface area contributed by atoms with Gasteiger partial charge < -0.3 is 5.32 Å². The molecule has 2 aromatic rings. The van der Waals surface area contributed by atoms with Crippen molar-refractivity contribution in [3.8, 4) is 0 Å². The van der Waals surface area contributed by atoms with Crippen molar-refractivity contribution in [3.05, 3.63) is 46.8 Å². The summed E-state index contributed by atoms with van der Waals surface area (Å²) in [5.41, 5.74) is 2.36. The highest BCUT2D eigenvalue weighted by molar-refractivity contribution is 7.80. The van der Waals surface area contributed by atoms with E-state index in [4.69, 9.17) is 0 Å². The highest BCUT2D eigenvalue weighted by Crippen LogP contribution is 2.27. The fraction of sp³-hybridized carbons (Fsp3) is 0.231. The molecule has 0 aliphatic carbocycles. The first-order chi connectivity index (χ1) is 7.65. The van der Waals surface area contributed by atoms with Crippen LogP contribution in [0.4, 0.5) is 10.7 Å². The SMILES string of the molecule is Cc1ccc(Nc2cccc(C(C)S)c2)s1. The van der Waals surface area contributed by atoms with Gasteiger partial charge in [0.05, 0.1) is 5.00 Å². The van der Waals surface area contributed by atoms with E-state index in [1.807, 2.05) is 0 Å². The minimum atomic E-state index is 0.270. The van der Waals surface area contributed by atoms with E-state index in [1.54, 1.807) is 11.3 Å². The molecular weight excluding hydrogens is 234 g/mol. The zero-order valence-corrected chi connectivity index (χ0v) is 11.1. The molecule has 16 heavy (non-hydrogen) atoms. The normalized spacial score (nSPS) is 12.4. The van der Waals surface area contributed by atoms with Gasteiger partial charge in [0.2, 0.25) is 0 Å². The predicted octanol–water partition coefficient (Wildman–Crippen LogP) is 4.79. The molecule has 0 radical (unpaired) electrons. The van der Waals surface area contributed by atoms with Crippen molar-refractivity contribution < 1.29 is 0 Å². The predicted molar refractivity (Wildman–Crippen MR) is 76.2 cm³/mol. The molecule has 1 aromatic heterocycles. The molecule has 1 atom stereocenters. The Bertz CT molecular complexity index is 474. The first-order valence-corrected chi connectivity index (χ1v) is 6.60. The van der Waals surface area contributed by atoms with Crippen LogP contribution in [0, 0.1) is 6.92 Å². The Hall–Kier alpha value is -0.930. The van der Waals surface area contributed by atoms with Crippen LogP contribution in [0.15, 0.2) is 36.4 Å². The number of aryl methyl sites for hydroxylation is 1. The Morgan fingerprint density at radius 3 is 2.69 bits per heavy atom. The number of thiol groups is 1. The Labute approximate surface area is 106 Å². The summed E-state index contributed by atoms with van der Waals surface area (Å²) in [6, 6.07) is 12.6. The number of hydrogen-bond donors (Lipinski definition) is 2. The molecule has 1 heterocycles. The lowest BCUT2D eigenvalue weighted by Gasteiger charge is -2.08. The number of benzene rings is 1. The molecule has 84 valence electrons. The first kappa shape index (κ1) is 11.6. The third-order valence-electron chi connectivity index (χ3n) is 2.38. The maximum absolute atomic E-state index is 4.44. The van der Waals surface area contributed by atoms with Crippen LogP contribution in [-0.4, -0.2) is 0 Å². The molecule has 0 spiro atoms. The van der Waals surface area contributed by atoms with Crippen LogP contribution in [-0.2, 0) is 0 Å². The maximum Gasteiger partial charge on any atom is 0.0929 e. The molecule has 0 fully saturated rings. The Balaban J connectivity index is 2.18. The molecule has 1 N–H and O–H groups in total. The van der Waals surface area contributed by atoms with Gasteiger partial charge in [-0.3, -0.25) is 0 Å². The summed E-state index contributed by atoms with van der Waals surface area (Å²) in [6.07, 6.45) is 0. The van der Waals surface area contributed by atoms with Gasteiger partial charge in [-0.05, 0) is 43.7 Å². The second-order valence-corrected chi connectivity index (χ2v) is 5.90. The van der Waals surface area contributed by atoms with Gasteiger partial charge in [-0.1, -0.05) is 12.1 Å². The zero-order valence-electron chi connectivity index (χ0n) is 9.40. The average molecular weight is 249 g/mol. The van der Waals surface area contributed by atoms with Crippen molar-refractivity contribution in [3.63, 3.8) is 0 Å². The molecule has 0 amide bonds. The van der Waals surface area contributed by atoms with Gasteiger partial charge in [0.15, 0.2) is 0 Å². The molecule has 1 aromatic carbocycles. The molecule has 0 saturated heterocycles. The van der Waals surface area contributed by atoms with E-state index in [9.17, 15) is 0 Å². The van der Waals surface area contributed by atoms with Gasteiger partial charge in [0.1, 0.15) is 0 Å². The summed E-state index contributed by atoms with van der Waals surface area (Å²) in [5.74, 6) is 0. The number of nitrogens with one attached hydrogen (secondary N) is 1. The third kappa shape index (κ3) is 2.80. The lowest BCUT2D eigenvalue weighted by atomic mass is 10.1. The number of rotatable bonds is 3. The van der Waals surface area contributed by atoms with Crippen LogP contribution in [0.25, 0.3) is 0 Å². The summed E-state index contributed by atoms with van der Waals surface area (Å²) in [6.45, 7) is 4.19. The summed E-state index contributed by atoms with van der Waals surface area (Å²) in [5, 5.41) is 4.86. The van der Waals surface area contributed by atoms with Crippen LogP contribution in [0.2, 0.25) is 0 Å². The van der Waals surface area contributed by atoms with E-state index in [1.165, 1.54) is 15.4 Å². The van der Waals surface area contributed by atoms with Crippen molar-refractivity contribution in [2.45, 2.75) is 19.1 Å². The Morgan fingerprint density at radius 2 is 2.06 bits per heavy atom. The minimum absolute atomic E-state index is 0.270. The standard InChI is InChI=1S/C13H15NS2/c1-9-6-7-13(16-9)14-12-5-3-4-11(8-12)10(2)15/h3-8,10,14-15H,1-2H3. The Kier molecular flexibility index (Phi) is 3.56. The van der Waals surface area contributed by atoms with Gasteiger partial charge in [-0.2, -0.15) is 12.6 Å². The lowest BCUT2D eigenvalue weighted by molar-refractivity contribution is 1.11. The molecular formula is C13H15NS2. The minimum Gasteiger partial charge on any atom is -0.347 e. The molecule has 0 aliphatic heterocycles. The summed E-state index contributed by atoms with van der Waals surface area (Å²) >= 11 is 6.21. The fourth-order valence-electron chi connectivity index (χ4n) is 1.52. The van der Waals surface area contributed by atoms with Crippen molar-refractivity contribution in [1.29, 1.82) is 0 Å². The molecule has 0 bridgehead atoms. The van der Waals surface area contributed by atoms with Gasteiger partial charge in [0.25, 0.3) is 0 Å². The highest BCUT2D eigenvalue weighted by Gasteiger charge is 2.02. The van der Waals surface area contributed by atoms with E-state index in [-0.39, 0.29) is 5.25 Å². The quantitative estimate of drug-likeness (QED) is 0.745. The van der Waals surface area contributed by atoms with Crippen LogP contribution in [0.3, 0.4) is 0 Å². The summed E-state index contributed by atoms with van der Waals surface area (Å²) < 4.78 is 0. The van der Waals surface area contributed by atoms with E-state index in [0.29, 0.717) is 0 Å². The highest BCUT2D eigenvalue weighted by atomic mass is 32.1. The fourth-order valence-corrected chi connectivity index (χ4v) is 2.47. The monoisotopic (exact) mass is 249 g/mol. The maximum atomic E-state index is 4.44. The Morgan fingerprint density at radius 1 is 1.25 bits per heavy atom. The average Bonchev–Trinajstić information content (AvgIpc) is 2.64. The third-order valence-corrected chi connectivity index (χ3v) is 3.59. The van der Waals surface area contributed by atoms with Crippen LogP contribution >= 0.6 is 24.0 Å². The van der Waals surface area contributed by atoms with Crippen molar-refractivity contribution in [2.24, 2.45) is 0 Å². The van der Waals surface area contributed by atoms with Gasteiger partial charge in [-0.15, -0.1) is 11.3 Å². The van der Waals surface area contributed by atoms with E-state index >= 15 is 0 Å². The van der Waals surface area contributed by atoms with Gasteiger partial charge in [-0.25, -0.2) is 0 Å². The number of hydrogen-bond acceptors (Lipinski definition) is 3. The summed E-state index contributed by atoms with van der Waals surface area (Å²) in [7, 11) is 0. The van der Waals surface area contributed by atoms with E-state index in [0.717, 1.165) is 5.69 Å². The molecule has 3 heteroatoms. The van der Waals surface area contributed by atoms with E-state index < -0.39 is 0 Å². The molecule has 1 nitrogen and oxygen atoms in total. The second-order valence-electron chi connectivity index (χ2n) is 3.84. The number of thiophene rings is 1. The smallest absolute Gasteiger partial charge is 0.0929 e. The van der Waals surface area contributed by atoms with E-state index in [2.05, 4.69) is 68.2 Å². The van der Waals surface area contributed by atoms with Crippen molar-refractivity contribution >= 4 is 34.7 Å². The zero-order chi connectivity index (χ0) is 11.5. The molecule has 0 aliphatic rings. The molecule has 1 unspecified atom stereocenters. The summed E-state index contributed by atoms with van der Waals surface area (Å²) in [4.78, 5) is 1.32. The lowest BCUT2D eigenvalue weighted by Crippen LogP contribution is -1.90. The van der Waals surface area contributed by atoms with Crippen LogP contribution in [0.5, 0.6) is 0 Å². The van der Waals surface area contributed by atoms with Crippen molar-refractivity contribution in [1.82, 2.24) is 0 Å². The molecule has 0 saturated carbocycles. The first-order valence-electron chi connectivity index (χ1n) is 5.26. The molecule has 2 rings (SSSR count). The largest absolute Gasteiger partial charge is 0.347 e. The van der Waals surface area contributed by atoms with Crippen LogP contribution in [0.1, 0.15) is 22.6 Å². The van der Waals surface area contributed by atoms with Crippen LogP contribution < -0.4 is 5.32 Å². The number of anilines is 2.